The highest BCUT2D eigenvalue weighted by molar-refractivity contribution is 5.89. The molecule has 1 saturated heterocycles. The van der Waals surface area contributed by atoms with Crippen LogP contribution in [0.4, 0.5) is 0 Å². The number of carbonyl (C=O) groups excluding carboxylic acids is 1. The second-order valence-corrected chi connectivity index (χ2v) is 6.90. The lowest BCUT2D eigenvalue weighted by Gasteiger charge is -2.39. The molecule has 0 spiro atoms. The van der Waals surface area contributed by atoms with Crippen LogP contribution in [-0.4, -0.2) is 44.1 Å². The minimum absolute atomic E-state index is 0.322. The van der Waals surface area contributed by atoms with Crippen molar-refractivity contribution in [1.82, 2.24) is 10.2 Å². The summed E-state index contributed by atoms with van der Waals surface area (Å²) in [5.41, 5.74) is 0.787. The quantitative estimate of drug-likeness (QED) is 0.928. The molecule has 1 saturated carbocycles. The first-order valence-electron chi connectivity index (χ1n) is 8.81. The van der Waals surface area contributed by atoms with Gasteiger partial charge >= 0.3 is 0 Å². The van der Waals surface area contributed by atoms with Crippen LogP contribution in [0.1, 0.15) is 44.1 Å². The fourth-order valence-corrected chi connectivity index (χ4v) is 4.23. The zero-order valence-electron chi connectivity index (χ0n) is 14.3. The fourth-order valence-electron chi connectivity index (χ4n) is 4.23. The van der Waals surface area contributed by atoms with Gasteiger partial charge in [0.1, 0.15) is 5.75 Å². The van der Waals surface area contributed by atoms with Crippen LogP contribution in [0.2, 0.25) is 0 Å². The number of carbonyl (C=O) groups is 1. The smallest absolute Gasteiger partial charge is 0.233 e. The molecule has 1 atom stereocenters. The van der Waals surface area contributed by atoms with Crippen LogP contribution in [0.25, 0.3) is 0 Å². The monoisotopic (exact) mass is 316 g/mol. The Morgan fingerprint density at radius 2 is 2.09 bits per heavy atom. The van der Waals surface area contributed by atoms with Gasteiger partial charge in [0.2, 0.25) is 5.91 Å². The maximum absolute atomic E-state index is 13.4. The Bertz CT molecular complexity index is 552. The summed E-state index contributed by atoms with van der Waals surface area (Å²) in [6, 6.07) is 8.55. The number of benzene rings is 1. The molecule has 0 aromatic heterocycles. The van der Waals surface area contributed by atoms with Gasteiger partial charge in [-0.3, -0.25) is 4.79 Å². The average Bonchev–Trinajstić information content (AvgIpc) is 3.12. The minimum Gasteiger partial charge on any atom is -0.497 e. The second-order valence-electron chi connectivity index (χ2n) is 6.90. The number of hydrogen-bond donors (Lipinski definition) is 1. The van der Waals surface area contributed by atoms with E-state index in [0.29, 0.717) is 11.9 Å². The topological polar surface area (TPSA) is 41.6 Å². The number of hydrogen-bond acceptors (Lipinski definition) is 3. The lowest BCUT2D eigenvalue weighted by molar-refractivity contribution is -0.138. The molecule has 1 aromatic carbocycles. The highest BCUT2D eigenvalue weighted by Gasteiger charge is 2.45. The minimum atomic E-state index is -0.343. The van der Waals surface area contributed by atoms with E-state index < -0.39 is 0 Å². The third-order valence-electron chi connectivity index (χ3n) is 5.61. The van der Waals surface area contributed by atoms with Crippen molar-refractivity contribution in [1.29, 1.82) is 0 Å². The zero-order chi connectivity index (χ0) is 16.3. The predicted molar refractivity (Wildman–Crippen MR) is 91.8 cm³/mol. The van der Waals surface area contributed by atoms with Crippen molar-refractivity contribution in [2.45, 2.75) is 50.0 Å². The third-order valence-corrected chi connectivity index (χ3v) is 5.61. The van der Waals surface area contributed by atoms with Crippen LogP contribution in [0.5, 0.6) is 5.75 Å². The molecular formula is C19H28N2O2. The standard InChI is InChI=1S/C19H28N2O2/c1-20-16-8-6-12-21(14-16)18(22)19(10-3-4-11-19)15-7-5-9-17(13-15)23-2/h5,7,9,13,16,20H,3-4,6,8,10-12,14H2,1-2H3. The van der Waals surface area contributed by atoms with Crippen molar-refractivity contribution in [3.63, 3.8) is 0 Å². The average molecular weight is 316 g/mol. The Labute approximate surface area is 139 Å². The summed E-state index contributed by atoms with van der Waals surface area (Å²) < 4.78 is 5.38. The van der Waals surface area contributed by atoms with Crippen molar-refractivity contribution in [3.05, 3.63) is 29.8 Å². The van der Waals surface area contributed by atoms with Crippen molar-refractivity contribution < 1.29 is 9.53 Å². The number of amides is 1. The number of nitrogens with one attached hydrogen (secondary N) is 1. The molecule has 1 unspecified atom stereocenters. The third kappa shape index (κ3) is 3.09. The van der Waals surface area contributed by atoms with Crippen molar-refractivity contribution in [2.75, 3.05) is 27.2 Å². The molecule has 1 N–H and O–H groups in total. The van der Waals surface area contributed by atoms with Crippen LogP contribution in [0.15, 0.2) is 24.3 Å². The van der Waals surface area contributed by atoms with Gasteiger partial charge in [-0.25, -0.2) is 0 Å². The molecule has 4 nitrogen and oxygen atoms in total. The van der Waals surface area contributed by atoms with E-state index in [9.17, 15) is 4.79 Å². The van der Waals surface area contributed by atoms with Crippen molar-refractivity contribution in [3.8, 4) is 5.75 Å². The molecule has 126 valence electrons. The van der Waals surface area contributed by atoms with E-state index in [2.05, 4.69) is 22.3 Å². The zero-order valence-corrected chi connectivity index (χ0v) is 14.3. The highest BCUT2D eigenvalue weighted by atomic mass is 16.5. The van der Waals surface area contributed by atoms with Gasteiger partial charge in [0, 0.05) is 19.1 Å². The van der Waals surface area contributed by atoms with Gasteiger partial charge in [0.25, 0.3) is 0 Å². The Morgan fingerprint density at radius 1 is 1.30 bits per heavy atom. The summed E-state index contributed by atoms with van der Waals surface area (Å²) in [5, 5.41) is 3.34. The summed E-state index contributed by atoms with van der Waals surface area (Å²) in [6.45, 7) is 1.73. The van der Waals surface area contributed by atoms with E-state index in [4.69, 9.17) is 4.74 Å². The first-order chi connectivity index (χ1) is 11.2. The lowest BCUT2D eigenvalue weighted by Crippen LogP contribution is -2.52. The molecule has 1 heterocycles. The molecule has 1 amide bonds. The van der Waals surface area contributed by atoms with Gasteiger partial charge in [-0.1, -0.05) is 25.0 Å². The molecule has 1 aliphatic carbocycles. The Kier molecular flexibility index (Phi) is 4.90. The maximum Gasteiger partial charge on any atom is 0.233 e. The Morgan fingerprint density at radius 3 is 2.78 bits per heavy atom. The molecule has 3 rings (SSSR count). The van der Waals surface area contributed by atoms with E-state index in [-0.39, 0.29) is 5.41 Å². The van der Waals surface area contributed by atoms with Gasteiger partial charge in [0.05, 0.1) is 12.5 Å². The largest absolute Gasteiger partial charge is 0.497 e. The Hall–Kier alpha value is -1.55. The second kappa shape index (κ2) is 6.91. The molecule has 4 heteroatoms. The van der Waals surface area contributed by atoms with E-state index in [1.807, 2.05) is 19.2 Å². The lowest BCUT2D eigenvalue weighted by atomic mass is 9.77. The van der Waals surface area contributed by atoms with E-state index in [1.54, 1.807) is 7.11 Å². The molecule has 1 aromatic rings. The first kappa shape index (κ1) is 16.3. The maximum atomic E-state index is 13.4. The fraction of sp³-hybridized carbons (Fsp3) is 0.632. The van der Waals surface area contributed by atoms with Crippen LogP contribution >= 0.6 is 0 Å². The van der Waals surface area contributed by atoms with Crippen molar-refractivity contribution in [2.24, 2.45) is 0 Å². The molecular weight excluding hydrogens is 288 g/mol. The molecule has 2 aliphatic rings. The summed E-state index contributed by atoms with van der Waals surface area (Å²) >= 11 is 0. The number of piperidine rings is 1. The van der Waals surface area contributed by atoms with Gasteiger partial charge in [-0.2, -0.15) is 0 Å². The van der Waals surface area contributed by atoms with Crippen LogP contribution in [-0.2, 0) is 10.2 Å². The van der Waals surface area contributed by atoms with Gasteiger partial charge in [-0.15, -0.1) is 0 Å². The number of likely N-dealkylation sites (tertiary alicyclic amines) is 1. The summed E-state index contributed by atoms with van der Waals surface area (Å²) in [6.07, 6.45) is 6.43. The number of likely N-dealkylation sites (N-methyl/N-ethyl adjacent to an activating group) is 1. The summed E-state index contributed by atoms with van der Waals surface area (Å²) in [7, 11) is 3.68. The summed E-state index contributed by atoms with van der Waals surface area (Å²) in [5.74, 6) is 1.16. The van der Waals surface area contributed by atoms with E-state index >= 15 is 0 Å². The first-order valence-corrected chi connectivity index (χ1v) is 8.81. The highest BCUT2D eigenvalue weighted by Crippen LogP contribution is 2.43. The molecule has 0 bridgehead atoms. The van der Waals surface area contributed by atoms with E-state index in [1.165, 1.54) is 0 Å². The molecule has 2 fully saturated rings. The van der Waals surface area contributed by atoms with Gasteiger partial charge < -0.3 is 15.0 Å². The predicted octanol–water partition coefficient (Wildman–Crippen LogP) is 2.72. The number of ether oxygens (including phenoxy) is 1. The van der Waals surface area contributed by atoms with Crippen LogP contribution in [0.3, 0.4) is 0 Å². The molecule has 0 radical (unpaired) electrons. The normalized spacial score (nSPS) is 23.7. The summed E-state index contributed by atoms with van der Waals surface area (Å²) in [4.78, 5) is 15.5. The molecule has 23 heavy (non-hydrogen) atoms. The molecule has 1 aliphatic heterocycles. The SMILES string of the molecule is CNC1CCCN(C(=O)C2(c3cccc(OC)c3)CCCC2)C1. The van der Waals surface area contributed by atoms with Crippen LogP contribution < -0.4 is 10.1 Å². The van der Waals surface area contributed by atoms with Crippen molar-refractivity contribution >= 4 is 5.91 Å². The Balaban J connectivity index is 1.89. The van der Waals surface area contributed by atoms with Gasteiger partial charge in [-0.05, 0) is 50.4 Å². The van der Waals surface area contributed by atoms with E-state index in [0.717, 1.165) is 62.9 Å². The van der Waals surface area contributed by atoms with Crippen LogP contribution in [0, 0.1) is 0 Å². The number of rotatable bonds is 4. The number of nitrogens with zero attached hydrogens (tertiary/aromatic N) is 1. The van der Waals surface area contributed by atoms with Gasteiger partial charge in [0.15, 0.2) is 0 Å². The number of methoxy groups -OCH3 is 1.